The van der Waals surface area contributed by atoms with E-state index in [4.69, 9.17) is 16.3 Å². The van der Waals surface area contributed by atoms with Crippen LogP contribution in [0, 0.1) is 5.82 Å². The predicted molar refractivity (Wildman–Crippen MR) is 70.9 cm³/mol. The van der Waals surface area contributed by atoms with Crippen molar-refractivity contribution in [1.82, 2.24) is 4.98 Å². The monoisotopic (exact) mass is 322 g/mol. The van der Waals surface area contributed by atoms with Crippen molar-refractivity contribution in [2.75, 3.05) is 11.8 Å². The van der Waals surface area contributed by atoms with Crippen LogP contribution in [0.1, 0.15) is 0 Å². The first-order valence-electron chi connectivity index (χ1n) is 4.90. The summed E-state index contributed by atoms with van der Waals surface area (Å²) in [5.74, 6) is -0.374. The van der Waals surface area contributed by atoms with Crippen molar-refractivity contribution in [3.63, 3.8) is 0 Å². The van der Waals surface area contributed by atoms with Gasteiger partial charge in [0.05, 0.1) is 19.0 Å². The van der Waals surface area contributed by atoms with E-state index in [0.717, 1.165) is 23.6 Å². The van der Waals surface area contributed by atoms with Crippen LogP contribution in [0.25, 0.3) is 0 Å². The lowest BCUT2D eigenvalue weighted by Gasteiger charge is -2.08. The average molecular weight is 323 g/mol. The summed E-state index contributed by atoms with van der Waals surface area (Å²) in [6, 6.07) is 3.74. The number of thiazole rings is 1. The number of hydrogen-bond donors (Lipinski definition) is 1. The quantitative estimate of drug-likeness (QED) is 0.939. The van der Waals surface area contributed by atoms with Crippen LogP contribution in [-0.4, -0.2) is 20.5 Å². The number of ether oxygens (including phenoxy) is 1. The zero-order valence-corrected chi connectivity index (χ0v) is 11.9. The van der Waals surface area contributed by atoms with E-state index in [-0.39, 0.29) is 14.4 Å². The highest BCUT2D eigenvalue weighted by atomic mass is 35.5. The van der Waals surface area contributed by atoms with Gasteiger partial charge in [0, 0.05) is 6.07 Å². The normalized spacial score (nSPS) is 11.3. The van der Waals surface area contributed by atoms with Crippen LogP contribution in [0.5, 0.6) is 5.75 Å². The molecule has 0 spiro atoms. The van der Waals surface area contributed by atoms with Gasteiger partial charge < -0.3 is 4.74 Å². The number of aromatic nitrogens is 1. The number of rotatable bonds is 4. The lowest BCUT2D eigenvalue weighted by molar-refractivity contribution is 0.414. The highest BCUT2D eigenvalue weighted by molar-refractivity contribution is 7.94. The maximum absolute atomic E-state index is 13.5. The zero-order chi connectivity index (χ0) is 14.0. The van der Waals surface area contributed by atoms with Crippen molar-refractivity contribution in [3.05, 3.63) is 34.7 Å². The molecule has 9 heteroatoms. The van der Waals surface area contributed by atoms with Crippen LogP contribution in [0.2, 0.25) is 4.47 Å². The Hall–Kier alpha value is -1.38. The lowest BCUT2D eigenvalue weighted by Crippen LogP contribution is -2.12. The number of anilines is 1. The van der Waals surface area contributed by atoms with E-state index >= 15 is 0 Å². The fourth-order valence-electron chi connectivity index (χ4n) is 1.27. The van der Waals surface area contributed by atoms with Gasteiger partial charge in [-0.05, 0) is 12.1 Å². The molecule has 2 rings (SSSR count). The van der Waals surface area contributed by atoms with Crippen molar-refractivity contribution in [3.8, 4) is 5.75 Å². The van der Waals surface area contributed by atoms with Crippen LogP contribution in [0.15, 0.2) is 28.6 Å². The molecule has 0 radical (unpaired) electrons. The number of nitrogens with one attached hydrogen (secondary N) is 1. The smallest absolute Gasteiger partial charge is 0.273 e. The van der Waals surface area contributed by atoms with E-state index in [1.54, 1.807) is 0 Å². The number of nitrogens with zero attached hydrogens (tertiary/aromatic N) is 1. The van der Waals surface area contributed by atoms with Gasteiger partial charge in [-0.3, -0.25) is 4.72 Å². The molecule has 0 bridgehead atoms. The first kappa shape index (κ1) is 14.0. The minimum Gasteiger partial charge on any atom is -0.497 e. The highest BCUT2D eigenvalue weighted by Gasteiger charge is 2.19. The Morgan fingerprint density at radius 2 is 2.21 bits per heavy atom. The second-order valence-corrected chi connectivity index (χ2v) is 6.91. The van der Waals surface area contributed by atoms with Gasteiger partial charge in [0.25, 0.3) is 10.0 Å². The third kappa shape index (κ3) is 3.14. The van der Waals surface area contributed by atoms with Gasteiger partial charge in [0.15, 0.2) is 8.68 Å². The van der Waals surface area contributed by atoms with Gasteiger partial charge >= 0.3 is 0 Å². The molecule has 1 N–H and O–H groups in total. The minimum absolute atomic E-state index is 0.0893. The summed E-state index contributed by atoms with van der Waals surface area (Å²) in [6.07, 6.45) is 1.10. The molecule has 0 saturated carbocycles. The standard InChI is InChI=1S/C10H8ClFN2O3S2/c1-17-6-2-3-7(12)8(4-6)14-19(15,16)9-5-13-10(11)18-9/h2-5,14H,1H3. The first-order valence-corrected chi connectivity index (χ1v) is 7.58. The summed E-state index contributed by atoms with van der Waals surface area (Å²) < 4.78 is 44.5. The van der Waals surface area contributed by atoms with Gasteiger partial charge in [-0.2, -0.15) is 0 Å². The molecule has 1 aromatic carbocycles. The fraction of sp³-hybridized carbons (Fsp3) is 0.100. The molecule has 5 nitrogen and oxygen atoms in total. The van der Waals surface area contributed by atoms with Crippen LogP contribution in [0.4, 0.5) is 10.1 Å². The number of benzene rings is 1. The molecule has 0 fully saturated rings. The van der Waals surface area contributed by atoms with E-state index in [0.29, 0.717) is 5.75 Å². The van der Waals surface area contributed by atoms with Gasteiger partial charge in [0.1, 0.15) is 11.6 Å². The van der Waals surface area contributed by atoms with E-state index in [1.165, 1.54) is 19.2 Å². The fourth-order valence-corrected chi connectivity index (χ4v) is 3.62. The van der Waals surface area contributed by atoms with Crippen molar-refractivity contribution in [2.24, 2.45) is 0 Å². The summed E-state index contributed by atoms with van der Waals surface area (Å²) in [6.45, 7) is 0. The summed E-state index contributed by atoms with van der Waals surface area (Å²) in [5.41, 5.74) is -0.205. The Balaban J connectivity index is 2.35. The first-order chi connectivity index (χ1) is 8.92. The van der Waals surface area contributed by atoms with Crippen LogP contribution >= 0.6 is 22.9 Å². The van der Waals surface area contributed by atoms with Crippen LogP contribution < -0.4 is 9.46 Å². The molecule has 0 atom stereocenters. The maximum Gasteiger partial charge on any atom is 0.273 e. The molecule has 102 valence electrons. The SMILES string of the molecule is COc1ccc(F)c(NS(=O)(=O)c2cnc(Cl)s2)c1. The molecule has 1 heterocycles. The van der Waals surface area contributed by atoms with Gasteiger partial charge in [-0.1, -0.05) is 22.9 Å². The molecular weight excluding hydrogens is 315 g/mol. The molecule has 19 heavy (non-hydrogen) atoms. The van der Waals surface area contributed by atoms with Crippen LogP contribution in [0.3, 0.4) is 0 Å². The Labute approximate surface area is 118 Å². The molecular formula is C10H8ClFN2O3S2. The van der Waals surface area contributed by atoms with E-state index in [2.05, 4.69) is 9.71 Å². The predicted octanol–water partition coefficient (Wildman–Crippen LogP) is 2.75. The summed E-state index contributed by atoms with van der Waals surface area (Å²) in [7, 11) is -2.52. The van der Waals surface area contributed by atoms with Gasteiger partial charge in [-0.25, -0.2) is 17.8 Å². The second kappa shape index (κ2) is 5.32. The summed E-state index contributed by atoms with van der Waals surface area (Å²) in [5, 5.41) is 0. The van der Waals surface area contributed by atoms with Crippen molar-refractivity contribution < 1.29 is 17.5 Å². The minimum atomic E-state index is -3.91. The Bertz CT molecular complexity index is 703. The number of halogens is 2. The van der Waals surface area contributed by atoms with Gasteiger partial charge in [-0.15, -0.1) is 0 Å². The number of methoxy groups -OCH3 is 1. The Morgan fingerprint density at radius 3 is 2.79 bits per heavy atom. The largest absolute Gasteiger partial charge is 0.497 e. The summed E-state index contributed by atoms with van der Waals surface area (Å²) in [4.78, 5) is 3.63. The second-order valence-electron chi connectivity index (χ2n) is 3.38. The topological polar surface area (TPSA) is 68.3 Å². The van der Waals surface area contributed by atoms with E-state index < -0.39 is 15.8 Å². The number of hydrogen-bond acceptors (Lipinski definition) is 5. The zero-order valence-electron chi connectivity index (χ0n) is 9.55. The van der Waals surface area contributed by atoms with Gasteiger partial charge in [0.2, 0.25) is 0 Å². The summed E-state index contributed by atoms with van der Waals surface area (Å²) >= 11 is 6.35. The molecule has 0 unspecified atom stereocenters. The van der Waals surface area contributed by atoms with Crippen LogP contribution in [-0.2, 0) is 10.0 Å². The molecule has 0 saturated heterocycles. The lowest BCUT2D eigenvalue weighted by atomic mass is 10.3. The van der Waals surface area contributed by atoms with Crippen molar-refractivity contribution in [1.29, 1.82) is 0 Å². The van der Waals surface area contributed by atoms with E-state index in [1.807, 2.05) is 0 Å². The number of sulfonamides is 1. The van der Waals surface area contributed by atoms with Crippen molar-refractivity contribution >= 4 is 38.6 Å². The van der Waals surface area contributed by atoms with E-state index in [9.17, 15) is 12.8 Å². The maximum atomic E-state index is 13.5. The third-order valence-electron chi connectivity index (χ3n) is 2.14. The third-order valence-corrected chi connectivity index (χ3v) is 5.08. The molecule has 2 aromatic rings. The molecule has 0 aliphatic heterocycles. The molecule has 0 aliphatic carbocycles. The Morgan fingerprint density at radius 1 is 1.47 bits per heavy atom. The molecule has 0 aliphatic rings. The molecule has 0 amide bonds. The Kier molecular flexibility index (Phi) is 3.93. The average Bonchev–Trinajstić information content (AvgIpc) is 2.79. The molecule has 1 aromatic heterocycles. The van der Waals surface area contributed by atoms with Crippen molar-refractivity contribution in [2.45, 2.75) is 4.21 Å². The highest BCUT2D eigenvalue weighted by Crippen LogP contribution is 2.27.